The van der Waals surface area contributed by atoms with Crippen LogP contribution in [-0.4, -0.2) is 15.0 Å². The van der Waals surface area contributed by atoms with Crippen LogP contribution >= 0.6 is 0 Å². The average molecular weight is 790 g/mol. The summed E-state index contributed by atoms with van der Waals surface area (Å²) in [7, 11) is 0. The molecule has 2 heterocycles. The largest absolute Gasteiger partial charge is 0.455 e. The fraction of sp³-hybridized carbons (Fsp3) is 0.0172. The lowest BCUT2D eigenvalue weighted by Crippen LogP contribution is -2.29. The van der Waals surface area contributed by atoms with Crippen LogP contribution in [0, 0.1) is 0 Å². The van der Waals surface area contributed by atoms with Gasteiger partial charge < -0.3 is 4.42 Å². The summed E-state index contributed by atoms with van der Waals surface area (Å²) in [5, 5.41) is 2.08. The maximum atomic E-state index is 6.58. The highest BCUT2D eigenvalue weighted by Gasteiger charge is 2.49. The molecule has 0 bridgehead atoms. The van der Waals surface area contributed by atoms with Crippen LogP contribution in [0.2, 0.25) is 0 Å². The molecule has 13 rings (SSSR count). The van der Waals surface area contributed by atoms with Crippen molar-refractivity contribution in [3.8, 4) is 78.7 Å². The van der Waals surface area contributed by atoms with Gasteiger partial charge in [-0.2, -0.15) is 0 Å². The summed E-state index contributed by atoms with van der Waals surface area (Å²) in [6, 6.07) is 75.8. The summed E-state index contributed by atoms with van der Waals surface area (Å²) in [5.74, 6) is 1.75. The van der Waals surface area contributed by atoms with Crippen molar-refractivity contribution in [2.75, 3.05) is 0 Å². The minimum Gasteiger partial charge on any atom is -0.455 e. The van der Waals surface area contributed by atoms with Crippen molar-refractivity contribution in [1.29, 1.82) is 0 Å². The topological polar surface area (TPSA) is 51.8 Å². The molecule has 9 aromatic carbocycles. The number of aromatic nitrogens is 3. The Morgan fingerprint density at radius 1 is 0.290 bits per heavy atom. The van der Waals surface area contributed by atoms with Crippen molar-refractivity contribution in [2.24, 2.45) is 0 Å². The van der Waals surface area contributed by atoms with E-state index in [1.54, 1.807) is 0 Å². The molecule has 0 amide bonds. The molecule has 0 saturated carbocycles. The van der Waals surface area contributed by atoms with Crippen molar-refractivity contribution >= 4 is 21.9 Å². The average Bonchev–Trinajstić information content (AvgIpc) is 3.84. The first-order valence-corrected chi connectivity index (χ1v) is 21.1. The first kappa shape index (κ1) is 34.6. The number of rotatable bonds is 4. The van der Waals surface area contributed by atoms with Gasteiger partial charge in [0.05, 0.1) is 11.0 Å². The second-order valence-electron chi connectivity index (χ2n) is 16.2. The molecule has 2 aliphatic rings. The second-order valence-corrected chi connectivity index (χ2v) is 16.2. The van der Waals surface area contributed by atoms with Gasteiger partial charge in [-0.3, -0.25) is 0 Å². The molecule has 0 saturated heterocycles. The standard InChI is InChI=1S/C58H35N3O/c1-2-17-36(18-3-1)38-19-4-7-26-46(38)56-59-55(60-57(61-56)47-28-16-27-45-44-25-11-15-32-53(44)62-54(45)47)37-33-34-52-48(35-37)43-24-10-14-31-51(43)58(52)49-29-12-8-22-41(49)39-20-5-6-21-40(39)42-23-9-13-30-50(42)58/h1-35H. The van der Waals surface area contributed by atoms with Gasteiger partial charge in [0, 0.05) is 21.9 Å². The Morgan fingerprint density at radius 2 is 0.758 bits per heavy atom. The quantitative estimate of drug-likeness (QED) is 0.178. The number of fused-ring (bicyclic) bond motifs is 15. The van der Waals surface area contributed by atoms with E-state index in [0.717, 1.165) is 49.8 Å². The number of benzene rings is 9. The summed E-state index contributed by atoms with van der Waals surface area (Å²) in [4.78, 5) is 16.0. The molecule has 0 N–H and O–H groups in total. The van der Waals surface area contributed by atoms with E-state index >= 15 is 0 Å². The van der Waals surface area contributed by atoms with E-state index in [1.165, 1.54) is 55.6 Å². The van der Waals surface area contributed by atoms with Gasteiger partial charge in [-0.25, -0.2) is 15.0 Å². The first-order chi connectivity index (χ1) is 30.8. The Bertz CT molecular complexity index is 3540. The zero-order valence-corrected chi connectivity index (χ0v) is 33.5. The maximum Gasteiger partial charge on any atom is 0.167 e. The molecule has 4 heteroatoms. The Morgan fingerprint density at radius 3 is 1.44 bits per heavy atom. The van der Waals surface area contributed by atoms with Gasteiger partial charge in [0.15, 0.2) is 17.5 Å². The van der Waals surface area contributed by atoms with Gasteiger partial charge in [-0.05, 0) is 85.0 Å². The summed E-state index contributed by atoms with van der Waals surface area (Å²) in [6.07, 6.45) is 0. The molecule has 4 nitrogen and oxygen atoms in total. The maximum absolute atomic E-state index is 6.58. The minimum absolute atomic E-state index is 0.555. The number of hydrogen-bond donors (Lipinski definition) is 0. The summed E-state index contributed by atoms with van der Waals surface area (Å²) >= 11 is 0. The molecule has 2 aromatic heterocycles. The van der Waals surface area contributed by atoms with Crippen molar-refractivity contribution in [1.82, 2.24) is 15.0 Å². The van der Waals surface area contributed by atoms with Gasteiger partial charge in [0.25, 0.3) is 0 Å². The predicted molar refractivity (Wildman–Crippen MR) is 251 cm³/mol. The van der Waals surface area contributed by atoms with Crippen LogP contribution in [0.4, 0.5) is 0 Å². The third-order valence-electron chi connectivity index (χ3n) is 13.0. The molecular weight excluding hydrogens is 755 g/mol. The van der Waals surface area contributed by atoms with E-state index in [0.29, 0.717) is 17.5 Å². The van der Waals surface area contributed by atoms with E-state index < -0.39 is 5.41 Å². The van der Waals surface area contributed by atoms with Gasteiger partial charge in [-0.15, -0.1) is 0 Å². The Hall–Kier alpha value is -8.21. The van der Waals surface area contributed by atoms with Gasteiger partial charge >= 0.3 is 0 Å². The minimum atomic E-state index is -0.572. The van der Waals surface area contributed by atoms with Crippen LogP contribution in [0.1, 0.15) is 22.3 Å². The number of hydrogen-bond acceptors (Lipinski definition) is 4. The van der Waals surface area contributed by atoms with E-state index in [9.17, 15) is 0 Å². The summed E-state index contributed by atoms with van der Waals surface area (Å²) < 4.78 is 6.58. The lowest BCUT2D eigenvalue weighted by Gasteiger charge is -2.35. The van der Waals surface area contributed by atoms with E-state index in [1.807, 2.05) is 24.3 Å². The summed E-state index contributed by atoms with van der Waals surface area (Å²) in [5.41, 5.74) is 18.2. The molecule has 0 radical (unpaired) electrons. The van der Waals surface area contributed by atoms with Crippen molar-refractivity contribution in [2.45, 2.75) is 5.41 Å². The number of nitrogens with zero attached hydrogens (tertiary/aromatic N) is 3. The van der Waals surface area contributed by atoms with E-state index in [4.69, 9.17) is 19.4 Å². The molecule has 0 atom stereocenters. The van der Waals surface area contributed by atoms with E-state index in [2.05, 4.69) is 188 Å². The lowest BCUT2D eigenvalue weighted by atomic mass is 9.66. The molecule has 0 unspecified atom stereocenters. The van der Waals surface area contributed by atoms with Crippen molar-refractivity contribution in [3.63, 3.8) is 0 Å². The zero-order chi connectivity index (χ0) is 40.8. The fourth-order valence-electron chi connectivity index (χ4n) is 10.4. The lowest BCUT2D eigenvalue weighted by molar-refractivity contribution is 0.669. The highest BCUT2D eigenvalue weighted by atomic mass is 16.3. The van der Waals surface area contributed by atoms with Crippen LogP contribution < -0.4 is 0 Å². The second kappa shape index (κ2) is 13.4. The van der Waals surface area contributed by atoms with Gasteiger partial charge in [0.2, 0.25) is 0 Å². The van der Waals surface area contributed by atoms with Crippen LogP contribution in [-0.2, 0) is 5.41 Å². The SMILES string of the molecule is c1ccc(-c2ccccc2-c2nc(-c3ccc4c(c3)-c3ccccc3C43c4ccccc4-c4ccccc4-c4ccccc43)nc(-c3cccc4c3oc3ccccc34)n2)cc1. The van der Waals surface area contributed by atoms with Crippen LogP contribution in [0.15, 0.2) is 217 Å². The van der Waals surface area contributed by atoms with Crippen molar-refractivity contribution in [3.05, 3.63) is 235 Å². The highest BCUT2D eigenvalue weighted by Crippen LogP contribution is 2.61. The number of para-hydroxylation sites is 2. The third-order valence-corrected chi connectivity index (χ3v) is 13.0. The van der Waals surface area contributed by atoms with Crippen molar-refractivity contribution < 1.29 is 4.42 Å². The molecule has 0 aliphatic heterocycles. The van der Waals surface area contributed by atoms with Crippen LogP contribution in [0.25, 0.3) is 101 Å². The molecule has 1 spiro atoms. The molecule has 62 heavy (non-hydrogen) atoms. The Balaban J connectivity index is 1.08. The van der Waals surface area contributed by atoms with Crippen LogP contribution in [0.5, 0.6) is 0 Å². The van der Waals surface area contributed by atoms with E-state index in [-0.39, 0.29) is 0 Å². The van der Waals surface area contributed by atoms with Crippen LogP contribution in [0.3, 0.4) is 0 Å². The Kier molecular flexibility index (Phi) is 7.49. The highest BCUT2D eigenvalue weighted by molar-refractivity contribution is 6.09. The molecule has 11 aromatic rings. The molecule has 0 fully saturated rings. The number of furan rings is 1. The predicted octanol–water partition coefficient (Wildman–Crippen LogP) is 14.4. The van der Waals surface area contributed by atoms with Gasteiger partial charge in [-0.1, -0.05) is 194 Å². The Labute approximate surface area is 358 Å². The fourth-order valence-corrected chi connectivity index (χ4v) is 10.4. The molecular formula is C58H35N3O. The molecule has 288 valence electrons. The first-order valence-electron chi connectivity index (χ1n) is 21.1. The third kappa shape index (κ3) is 4.92. The summed E-state index contributed by atoms with van der Waals surface area (Å²) in [6.45, 7) is 0. The smallest absolute Gasteiger partial charge is 0.167 e. The molecule has 2 aliphatic carbocycles. The van der Waals surface area contributed by atoms with Gasteiger partial charge in [0.1, 0.15) is 11.2 Å². The zero-order valence-electron chi connectivity index (χ0n) is 33.5. The monoisotopic (exact) mass is 789 g/mol. The normalized spacial score (nSPS) is 13.0.